The van der Waals surface area contributed by atoms with Crippen molar-refractivity contribution < 1.29 is 24.5 Å². The molecule has 0 bridgehead atoms. The summed E-state index contributed by atoms with van der Waals surface area (Å²) in [6, 6.07) is -1.28. The van der Waals surface area contributed by atoms with E-state index in [4.69, 9.17) is 14.9 Å². The molecule has 0 aromatic heterocycles. The average molecular weight is 219 g/mol. The van der Waals surface area contributed by atoms with Crippen molar-refractivity contribution in [3.05, 3.63) is 0 Å². The van der Waals surface area contributed by atoms with Gasteiger partial charge in [0.1, 0.15) is 12.6 Å². The minimum atomic E-state index is -1.28. The van der Waals surface area contributed by atoms with Crippen molar-refractivity contribution in [1.29, 1.82) is 0 Å². The number of ether oxygens (including phenoxy) is 1. The standard InChI is InChI=1S/C9H17NO5/c1-9(2,3)15-5-7(12)10-6(4-11)8(13)14/h6,11H,4-5H2,1-3H3,(H,10,12)(H,13,14)/t6-/m1/s1. The normalized spacial score (nSPS) is 13.3. The predicted octanol–water partition coefficient (Wildman–Crippen LogP) is -0.637. The Balaban J connectivity index is 3.98. The second-order valence-corrected chi connectivity index (χ2v) is 4.04. The summed E-state index contributed by atoms with van der Waals surface area (Å²) in [6.45, 7) is 4.47. The topological polar surface area (TPSA) is 95.9 Å². The SMILES string of the molecule is CC(C)(C)OCC(=O)N[C@H](CO)C(=O)O. The van der Waals surface area contributed by atoms with Gasteiger partial charge < -0.3 is 20.3 Å². The fourth-order valence-corrected chi connectivity index (χ4v) is 0.704. The van der Waals surface area contributed by atoms with Crippen molar-refractivity contribution in [1.82, 2.24) is 5.32 Å². The van der Waals surface area contributed by atoms with Crippen LogP contribution in [0, 0.1) is 0 Å². The fourth-order valence-electron chi connectivity index (χ4n) is 0.704. The van der Waals surface area contributed by atoms with Crippen LogP contribution in [0.4, 0.5) is 0 Å². The van der Waals surface area contributed by atoms with Crippen LogP contribution in [0.25, 0.3) is 0 Å². The molecule has 0 aromatic carbocycles. The summed E-state index contributed by atoms with van der Waals surface area (Å²) in [5.41, 5.74) is -0.463. The van der Waals surface area contributed by atoms with Crippen molar-refractivity contribution in [2.75, 3.05) is 13.2 Å². The van der Waals surface area contributed by atoms with Gasteiger partial charge in [0.2, 0.25) is 5.91 Å². The maximum absolute atomic E-state index is 11.2. The molecule has 0 radical (unpaired) electrons. The zero-order valence-corrected chi connectivity index (χ0v) is 9.11. The lowest BCUT2D eigenvalue weighted by atomic mass is 10.2. The van der Waals surface area contributed by atoms with E-state index in [1.165, 1.54) is 0 Å². The van der Waals surface area contributed by atoms with E-state index in [1.807, 2.05) is 0 Å². The highest BCUT2D eigenvalue weighted by atomic mass is 16.5. The van der Waals surface area contributed by atoms with Gasteiger partial charge in [-0.2, -0.15) is 0 Å². The van der Waals surface area contributed by atoms with Crippen LogP contribution in [-0.4, -0.2) is 46.9 Å². The molecule has 3 N–H and O–H groups in total. The first-order valence-corrected chi connectivity index (χ1v) is 4.53. The van der Waals surface area contributed by atoms with E-state index in [0.717, 1.165) is 0 Å². The number of hydrogen-bond donors (Lipinski definition) is 3. The smallest absolute Gasteiger partial charge is 0.328 e. The first-order chi connectivity index (χ1) is 6.76. The van der Waals surface area contributed by atoms with Crippen LogP contribution in [0.2, 0.25) is 0 Å². The molecule has 0 aliphatic carbocycles. The molecule has 0 heterocycles. The van der Waals surface area contributed by atoms with Gasteiger partial charge in [0.25, 0.3) is 0 Å². The Labute approximate surface area is 88.2 Å². The van der Waals surface area contributed by atoms with E-state index < -0.39 is 30.1 Å². The van der Waals surface area contributed by atoms with Gasteiger partial charge in [-0.05, 0) is 20.8 Å². The molecule has 0 aliphatic rings. The van der Waals surface area contributed by atoms with Gasteiger partial charge in [-0.15, -0.1) is 0 Å². The molecule has 0 fully saturated rings. The highest BCUT2D eigenvalue weighted by Gasteiger charge is 2.20. The number of amides is 1. The molecule has 6 heteroatoms. The number of aliphatic hydroxyl groups is 1. The van der Waals surface area contributed by atoms with Crippen molar-refractivity contribution in [3.63, 3.8) is 0 Å². The number of carbonyl (C=O) groups excluding carboxylic acids is 1. The number of rotatable bonds is 5. The molecule has 1 atom stereocenters. The van der Waals surface area contributed by atoms with Crippen LogP contribution < -0.4 is 5.32 Å². The highest BCUT2D eigenvalue weighted by molar-refractivity contribution is 5.84. The Morgan fingerprint density at radius 2 is 1.93 bits per heavy atom. The lowest BCUT2D eigenvalue weighted by molar-refractivity contribution is -0.144. The van der Waals surface area contributed by atoms with Crippen LogP contribution in [0.3, 0.4) is 0 Å². The largest absolute Gasteiger partial charge is 0.480 e. The molecule has 0 aromatic rings. The van der Waals surface area contributed by atoms with E-state index in [2.05, 4.69) is 5.32 Å². The molecule has 1 amide bonds. The Bertz CT molecular complexity index is 233. The van der Waals surface area contributed by atoms with Gasteiger partial charge in [0.05, 0.1) is 12.2 Å². The zero-order valence-electron chi connectivity index (χ0n) is 9.11. The van der Waals surface area contributed by atoms with Gasteiger partial charge in [-0.1, -0.05) is 0 Å². The van der Waals surface area contributed by atoms with E-state index in [-0.39, 0.29) is 6.61 Å². The second-order valence-electron chi connectivity index (χ2n) is 4.04. The van der Waals surface area contributed by atoms with E-state index in [0.29, 0.717) is 0 Å². The number of aliphatic carboxylic acids is 1. The highest BCUT2D eigenvalue weighted by Crippen LogP contribution is 2.05. The Kier molecular flexibility index (Phi) is 5.24. The predicted molar refractivity (Wildman–Crippen MR) is 52.4 cm³/mol. The van der Waals surface area contributed by atoms with E-state index in [9.17, 15) is 9.59 Å². The number of nitrogens with one attached hydrogen (secondary N) is 1. The van der Waals surface area contributed by atoms with Crippen molar-refractivity contribution in [2.45, 2.75) is 32.4 Å². The maximum Gasteiger partial charge on any atom is 0.328 e. The molecular weight excluding hydrogens is 202 g/mol. The molecule has 0 saturated heterocycles. The minimum absolute atomic E-state index is 0.229. The third-order valence-corrected chi connectivity index (χ3v) is 1.45. The third-order valence-electron chi connectivity index (χ3n) is 1.45. The van der Waals surface area contributed by atoms with Gasteiger partial charge in [-0.3, -0.25) is 4.79 Å². The summed E-state index contributed by atoms with van der Waals surface area (Å²) in [6.07, 6.45) is 0. The fraction of sp³-hybridized carbons (Fsp3) is 0.778. The summed E-state index contributed by atoms with van der Waals surface area (Å²) >= 11 is 0. The Morgan fingerprint density at radius 3 is 2.27 bits per heavy atom. The van der Waals surface area contributed by atoms with Crippen LogP contribution in [0.15, 0.2) is 0 Å². The van der Waals surface area contributed by atoms with Gasteiger partial charge in [-0.25, -0.2) is 4.79 Å². The van der Waals surface area contributed by atoms with Crippen LogP contribution in [0.5, 0.6) is 0 Å². The minimum Gasteiger partial charge on any atom is -0.480 e. The Morgan fingerprint density at radius 1 is 1.40 bits per heavy atom. The van der Waals surface area contributed by atoms with Crippen LogP contribution in [-0.2, 0) is 14.3 Å². The molecule has 0 spiro atoms. The summed E-state index contributed by atoms with van der Waals surface area (Å²) in [5, 5.41) is 19.3. The van der Waals surface area contributed by atoms with Crippen molar-refractivity contribution in [3.8, 4) is 0 Å². The number of carboxylic acids is 1. The molecule has 0 saturated carbocycles. The lowest BCUT2D eigenvalue weighted by Crippen LogP contribution is -2.45. The molecule has 6 nitrogen and oxygen atoms in total. The summed E-state index contributed by atoms with van der Waals surface area (Å²) in [5.74, 6) is -1.84. The quantitative estimate of drug-likeness (QED) is 0.571. The molecule has 0 aliphatic heterocycles. The molecule has 15 heavy (non-hydrogen) atoms. The zero-order chi connectivity index (χ0) is 12.1. The number of aliphatic hydroxyl groups excluding tert-OH is 1. The molecule has 0 rings (SSSR count). The summed E-state index contributed by atoms with van der Waals surface area (Å²) < 4.78 is 5.13. The van der Waals surface area contributed by atoms with Gasteiger partial charge >= 0.3 is 5.97 Å². The molecule has 0 unspecified atom stereocenters. The summed E-state index contributed by atoms with van der Waals surface area (Å²) in [7, 11) is 0. The maximum atomic E-state index is 11.2. The first-order valence-electron chi connectivity index (χ1n) is 4.53. The monoisotopic (exact) mass is 219 g/mol. The number of carboxylic acid groups (broad SMARTS) is 1. The van der Waals surface area contributed by atoms with Crippen molar-refractivity contribution in [2.24, 2.45) is 0 Å². The second kappa shape index (κ2) is 5.67. The molecule has 88 valence electrons. The van der Waals surface area contributed by atoms with Crippen LogP contribution >= 0.6 is 0 Å². The number of carbonyl (C=O) groups is 2. The van der Waals surface area contributed by atoms with Gasteiger partial charge in [0, 0.05) is 0 Å². The first kappa shape index (κ1) is 13.9. The van der Waals surface area contributed by atoms with Crippen LogP contribution in [0.1, 0.15) is 20.8 Å². The van der Waals surface area contributed by atoms with E-state index in [1.54, 1.807) is 20.8 Å². The van der Waals surface area contributed by atoms with E-state index >= 15 is 0 Å². The number of hydrogen-bond acceptors (Lipinski definition) is 4. The molecular formula is C9H17NO5. The average Bonchev–Trinajstić information content (AvgIpc) is 2.09. The Hall–Kier alpha value is -1.14. The lowest BCUT2D eigenvalue weighted by Gasteiger charge is -2.19. The third kappa shape index (κ3) is 6.87. The summed E-state index contributed by atoms with van der Waals surface area (Å²) in [4.78, 5) is 21.6. The van der Waals surface area contributed by atoms with Gasteiger partial charge in [0.15, 0.2) is 0 Å². The van der Waals surface area contributed by atoms with Crippen molar-refractivity contribution >= 4 is 11.9 Å².